The molecular formula is C16H18N4O2. The first-order valence-corrected chi connectivity index (χ1v) is 6.96. The van der Waals surface area contributed by atoms with E-state index in [1.807, 2.05) is 43.3 Å². The molecule has 1 unspecified atom stereocenters. The Labute approximate surface area is 128 Å². The summed E-state index contributed by atoms with van der Waals surface area (Å²) in [7, 11) is 2.90. The fourth-order valence-corrected chi connectivity index (χ4v) is 2.30. The molecule has 2 aromatic rings. The van der Waals surface area contributed by atoms with Crippen molar-refractivity contribution in [1.82, 2.24) is 9.13 Å². The molecule has 0 radical (unpaired) electrons. The Balaban J connectivity index is 2.33. The third-order valence-corrected chi connectivity index (χ3v) is 3.72. The van der Waals surface area contributed by atoms with Gasteiger partial charge in [-0.2, -0.15) is 5.26 Å². The van der Waals surface area contributed by atoms with E-state index in [4.69, 9.17) is 0 Å². The number of benzene rings is 1. The lowest BCUT2D eigenvalue weighted by atomic mass is 10.0. The van der Waals surface area contributed by atoms with E-state index in [-0.39, 0.29) is 17.3 Å². The van der Waals surface area contributed by atoms with E-state index in [1.165, 1.54) is 18.7 Å². The van der Waals surface area contributed by atoms with Crippen LogP contribution in [0.3, 0.4) is 0 Å². The number of nitrogens with zero attached hydrogens (tertiary/aromatic N) is 3. The van der Waals surface area contributed by atoms with E-state index in [1.54, 1.807) is 0 Å². The molecule has 6 heteroatoms. The first-order valence-electron chi connectivity index (χ1n) is 6.96. The van der Waals surface area contributed by atoms with Crippen LogP contribution in [0.4, 0.5) is 5.82 Å². The largest absolute Gasteiger partial charge is 0.369 e. The lowest BCUT2D eigenvalue weighted by Gasteiger charge is -2.17. The van der Waals surface area contributed by atoms with Crippen molar-refractivity contribution in [2.24, 2.45) is 14.1 Å². The van der Waals surface area contributed by atoms with Gasteiger partial charge in [0.15, 0.2) is 5.56 Å². The van der Waals surface area contributed by atoms with Crippen molar-refractivity contribution in [3.63, 3.8) is 0 Å². The minimum atomic E-state index is -0.583. The molecule has 1 atom stereocenters. The smallest absolute Gasteiger partial charge is 0.332 e. The zero-order valence-electron chi connectivity index (χ0n) is 12.8. The average Bonchev–Trinajstić information content (AvgIpc) is 2.55. The van der Waals surface area contributed by atoms with Crippen molar-refractivity contribution in [3.05, 3.63) is 62.3 Å². The van der Waals surface area contributed by atoms with Crippen molar-refractivity contribution in [2.45, 2.75) is 12.8 Å². The molecular weight excluding hydrogens is 280 g/mol. The van der Waals surface area contributed by atoms with Gasteiger partial charge in [-0.05, 0) is 11.5 Å². The van der Waals surface area contributed by atoms with Gasteiger partial charge in [-0.1, -0.05) is 37.3 Å². The van der Waals surface area contributed by atoms with Crippen LogP contribution in [-0.2, 0) is 14.1 Å². The standard InChI is InChI=1S/C16H18N4O2/c1-11(12-7-5-4-6-8-12)10-18-14-13(9-17)15(21)20(3)16(22)19(14)2/h4-8,11,18H,10H2,1-3H3. The van der Waals surface area contributed by atoms with Gasteiger partial charge in [0.05, 0.1) is 0 Å². The number of rotatable bonds is 4. The van der Waals surface area contributed by atoms with E-state index in [9.17, 15) is 14.9 Å². The van der Waals surface area contributed by atoms with Crippen LogP contribution < -0.4 is 16.6 Å². The normalized spacial score (nSPS) is 11.7. The molecule has 114 valence electrons. The lowest BCUT2D eigenvalue weighted by molar-refractivity contribution is 0.680. The van der Waals surface area contributed by atoms with E-state index >= 15 is 0 Å². The monoisotopic (exact) mass is 298 g/mol. The molecule has 6 nitrogen and oxygen atoms in total. The quantitative estimate of drug-likeness (QED) is 0.919. The molecule has 0 saturated carbocycles. The Morgan fingerprint density at radius 2 is 1.82 bits per heavy atom. The summed E-state index contributed by atoms with van der Waals surface area (Å²) < 4.78 is 2.22. The number of hydrogen-bond acceptors (Lipinski definition) is 4. The zero-order valence-corrected chi connectivity index (χ0v) is 12.8. The first-order chi connectivity index (χ1) is 10.5. The number of nitriles is 1. The van der Waals surface area contributed by atoms with E-state index in [0.29, 0.717) is 6.54 Å². The van der Waals surface area contributed by atoms with Crippen LogP contribution in [0.25, 0.3) is 0 Å². The highest BCUT2D eigenvalue weighted by Gasteiger charge is 2.16. The molecule has 1 N–H and O–H groups in total. The van der Waals surface area contributed by atoms with Gasteiger partial charge in [0, 0.05) is 20.6 Å². The van der Waals surface area contributed by atoms with Crippen molar-refractivity contribution < 1.29 is 0 Å². The Hall–Kier alpha value is -2.81. The van der Waals surface area contributed by atoms with Crippen molar-refractivity contribution in [1.29, 1.82) is 5.26 Å². The molecule has 1 heterocycles. The summed E-state index contributed by atoms with van der Waals surface area (Å²) in [5, 5.41) is 12.3. The van der Waals surface area contributed by atoms with E-state index < -0.39 is 11.2 Å². The van der Waals surface area contributed by atoms with Gasteiger partial charge in [0.1, 0.15) is 11.9 Å². The Kier molecular flexibility index (Phi) is 4.47. The molecule has 0 fully saturated rings. The number of anilines is 1. The predicted molar refractivity (Wildman–Crippen MR) is 85.0 cm³/mol. The number of aromatic nitrogens is 2. The minimum absolute atomic E-state index is 0.0511. The minimum Gasteiger partial charge on any atom is -0.369 e. The van der Waals surface area contributed by atoms with Crippen LogP contribution >= 0.6 is 0 Å². The van der Waals surface area contributed by atoms with Crippen LogP contribution in [0.1, 0.15) is 24.0 Å². The number of nitrogens with one attached hydrogen (secondary N) is 1. The molecule has 1 aromatic heterocycles. The predicted octanol–water partition coefficient (Wildman–Crippen LogP) is 1.17. The SMILES string of the molecule is CC(CNc1c(C#N)c(=O)n(C)c(=O)n1C)c1ccccc1. The highest BCUT2D eigenvalue weighted by molar-refractivity contribution is 5.51. The molecule has 0 bridgehead atoms. The molecule has 0 aliphatic rings. The Bertz CT molecular complexity index is 828. The van der Waals surface area contributed by atoms with Gasteiger partial charge in [0.2, 0.25) is 0 Å². The molecule has 0 aliphatic carbocycles. The molecule has 0 saturated heterocycles. The van der Waals surface area contributed by atoms with Gasteiger partial charge >= 0.3 is 5.69 Å². The summed E-state index contributed by atoms with van der Waals surface area (Å²) in [5.74, 6) is 0.435. The molecule has 2 rings (SSSR count). The molecule has 0 spiro atoms. The van der Waals surface area contributed by atoms with Gasteiger partial charge in [0.25, 0.3) is 5.56 Å². The van der Waals surface area contributed by atoms with E-state index in [0.717, 1.165) is 10.1 Å². The van der Waals surface area contributed by atoms with Gasteiger partial charge < -0.3 is 5.32 Å². The fourth-order valence-electron chi connectivity index (χ4n) is 2.30. The fraction of sp³-hybridized carbons (Fsp3) is 0.312. The second kappa shape index (κ2) is 6.31. The highest BCUT2D eigenvalue weighted by atomic mass is 16.2. The molecule has 0 aliphatic heterocycles. The lowest BCUT2D eigenvalue weighted by Crippen LogP contribution is -2.40. The zero-order chi connectivity index (χ0) is 16.3. The summed E-state index contributed by atoms with van der Waals surface area (Å²) in [6.07, 6.45) is 0. The third kappa shape index (κ3) is 2.79. The molecule has 1 aromatic carbocycles. The maximum absolute atomic E-state index is 12.0. The maximum atomic E-state index is 12.0. The maximum Gasteiger partial charge on any atom is 0.332 e. The van der Waals surface area contributed by atoms with Crippen molar-refractivity contribution in [2.75, 3.05) is 11.9 Å². The van der Waals surface area contributed by atoms with Crippen LogP contribution in [0, 0.1) is 11.3 Å². The molecule has 0 amide bonds. The Morgan fingerprint density at radius 3 is 2.41 bits per heavy atom. The average molecular weight is 298 g/mol. The van der Waals surface area contributed by atoms with Crippen LogP contribution in [0.2, 0.25) is 0 Å². The summed E-state index contributed by atoms with van der Waals surface area (Å²) in [4.78, 5) is 24.0. The molecule has 22 heavy (non-hydrogen) atoms. The first kappa shape index (κ1) is 15.6. The summed E-state index contributed by atoms with van der Waals surface area (Å²) in [6.45, 7) is 2.55. The second-order valence-electron chi connectivity index (χ2n) is 5.23. The van der Waals surface area contributed by atoms with Gasteiger partial charge in [-0.25, -0.2) is 4.79 Å². The topological polar surface area (TPSA) is 79.8 Å². The third-order valence-electron chi connectivity index (χ3n) is 3.72. The van der Waals surface area contributed by atoms with E-state index in [2.05, 4.69) is 5.32 Å². The highest BCUT2D eigenvalue weighted by Crippen LogP contribution is 2.16. The van der Waals surface area contributed by atoms with Crippen molar-refractivity contribution in [3.8, 4) is 6.07 Å². The van der Waals surface area contributed by atoms with Gasteiger partial charge in [-0.15, -0.1) is 0 Å². The van der Waals surface area contributed by atoms with Crippen LogP contribution in [-0.4, -0.2) is 15.7 Å². The van der Waals surface area contributed by atoms with Gasteiger partial charge in [-0.3, -0.25) is 13.9 Å². The summed E-state index contributed by atoms with van der Waals surface area (Å²) >= 11 is 0. The summed E-state index contributed by atoms with van der Waals surface area (Å²) in [6, 6.07) is 11.8. The second-order valence-corrected chi connectivity index (χ2v) is 5.23. The van der Waals surface area contributed by atoms with Crippen molar-refractivity contribution >= 4 is 5.82 Å². The van der Waals surface area contributed by atoms with Crippen LogP contribution in [0.15, 0.2) is 39.9 Å². The number of hydrogen-bond donors (Lipinski definition) is 1. The Morgan fingerprint density at radius 1 is 1.18 bits per heavy atom. The summed E-state index contributed by atoms with van der Waals surface area (Å²) in [5.41, 5.74) is 0.0477. The van der Waals surface area contributed by atoms with Crippen LogP contribution in [0.5, 0.6) is 0 Å².